The minimum atomic E-state index is -0.0721. The average molecular weight is 424 g/mol. The van der Waals surface area contributed by atoms with Gasteiger partial charge in [-0.3, -0.25) is 9.69 Å². The molecular weight excluding hydrogens is 402 g/mol. The lowest BCUT2D eigenvalue weighted by molar-refractivity contribution is 0.0987. The van der Waals surface area contributed by atoms with Crippen LogP contribution in [0.1, 0.15) is 23.5 Å². The predicted octanol–water partition coefficient (Wildman–Crippen LogP) is 5.01. The number of fused-ring (bicyclic) bond motifs is 1. The van der Waals surface area contributed by atoms with Crippen LogP contribution in [-0.4, -0.2) is 49.1 Å². The lowest BCUT2D eigenvalue weighted by Crippen LogP contribution is -2.38. The molecule has 0 aliphatic carbocycles. The van der Waals surface area contributed by atoms with Crippen LogP contribution in [0.3, 0.4) is 0 Å². The summed E-state index contributed by atoms with van der Waals surface area (Å²) in [6, 6.07) is 9.34. The van der Waals surface area contributed by atoms with E-state index in [1.807, 2.05) is 18.2 Å². The van der Waals surface area contributed by atoms with Crippen LogP contribution < -0.4 is 9.64 Å². The lowest BCUT2D eigenvalue weighted by Gasteiger charge is -2.24. The fraction of sp³-hybridized carbons (Fsp3) is 0.368. The summed E-state index contributed by atoms with van der Waals surface area (Å²) >= 11 is 8.83. The molecule has 8 heteroatoms. The van der Waals surface area contributed by atoms with Gasteiger partial charge in [-0.25, -0.2) is 4.98 Å². The highest BCUT2D eigenvalue weighted by Gasteiger charge is 2.23. The third-order valence-electron chi connectivity index (χ3n) is 4.38. The number of para-hydroxylation sites is 1. The van der Waals surface area contributed by atoms with Gasteiger partial charge in [0.05, 0.1) is 21.0 Å². The van der Waals surface area contributed by atoms with E-state index in [1.165, 1.54) is 22.7 Å². The van der Waals surface area contributed by atoms with Gasteiger partial charge in [0.1, 0.15) is 11.3 Å². The number of aromatic nitrogens is 1. The van der Waals surface area contributed by atoms with Crippen molar-refractivity contribution in [3.05, 3.63) is 39.5 Å². The van der Waals surface area contributed by atoms with Crippen molar-refractivity contribution >= 4 is 55.5 Å². The van der Waals surface area contributed by atoms with E-state index in [-0.39, 0.29) is 5.91 Å². The van der Waals surface area contributed by atoms with Gasteiger partial charge < -0.3 is 9.64 Å². The first-order chi connectivity index (χ1) is 13.1. The smallest absolute Gasteiger partial charge is 0.270 e. The van der Waals surface area contributed by atoms with E-state index in [0.29, 0.717) is 26.6 Å². The Balaban J connectivity index is 1.97. The number of carbonyl (C=O) groups is 1. The van der Waals surface area contributed by atoms with Crippen LogP contribution in [0, 0.1) is 0 Å². The van der Waals surface area contributed by atoms with Gasteiger partial charge in [-0.05, 0) is 37.4 Å². The first-order valence-corrected chi connectivity index (χ1v) is 10.8. The van der Waals surface area contributed by atoms with Crippen molar-refractivity contribution in [2.45, 2.75) is 13.8 Å². The quantitative estimate of drug-likeness (QED) is 0.511. The monoisotopic (exact) mass is 423 g/mol. The molecule has 3 aromatic rings. The van der Waals surface area contributed by atoms with Crippen molar-refractivity contribution in [3.8, 4) is 5.75 Å². The molecule has 5 nitrogen and oxygen atoms in total. The highest BCUT2D eigenvalue weighted by molar-refractivity contribution is 7.22. The van der Waals surface area contributed by atoms with Crippen molar-refractivity contribution < 1.29 is 9.53 Å². The second kappa shape index (κ2) is 9.01. The second-order valence-corrected chi connectivity index (χ2v) is 8.62. The van der Waals surface area contributed by atoms with Crippen molar-refractivity contribution in [3.63, 3.8) is 0 Å². The number of nitrogens with zero attached hydrogens (tertiary/aromatic N) is 3. The van der Waals surface area contributed by atoms with Crippen LogP contribution in [0.2, 0.25) is 4.34 Å². The van der Waals surface area contributed by atoms with Crippen molar-refractivity contribution in [2.24, 2.45) is 0 Å². The van der Waals surface area contributed by atoms with Crippen molar-refractivity contribution in [1.29, 1.82) is 0 Å². The molecule has 0 radical (unpaired) electrons. The summed E-state index contributed by atoms with van der Waals surface area (Å²) in [7, 11) is 1.63. The molecular formula is C19H22ClN3O2S2. The van der Waals surface area contributed by atoms with E-state index in [4.69, 9.17) is 21.3 Å². The van der Waals surface area contributed by atoms with E-state index < -0.39 is 0 Å². The Morgan fingerprint density at radius 2 is 1.93 bits per heavy atom. The minimum absolute atomic E-state index is 0.0721. The standard InChI is InChI=1S/C19H22ClN3O2S2/c1-4-22(5-2)11-12-23(18(24)15-9-10-16(20)26-15)19-21-17-13(25-3)7-6-8-14(17)27-19/h6-10H,4-5,11-12H2,1-3H3. The van der Waals surface area contributed by atoms with Crippen LogP contribution in [0.15, 0.2) is 30.3 Å². The van der Waals surface area contributed by atoms with Crippen LogP contribution in [0.5, 0.6) is 5.75 Å². The van der Waals surface area contributed by atoms with E-state index in [2.05, 4.69) is 18.7 Å². The van der Waals surface area contributed by atoms with Crippen LogP contribution in [-0.2, 0) is 0 Å². The molecule has 0 spiro atoms. The molecule has 1 aromatic carbocycles. The number of hydrogen-bond donors (Lipinski definition) is 0. The maximum Gasteiger partial charge on any atom is 0.270 e. The molecule has 0 aliphatic heterocycles. The van der Waals surface area contributed by atoms with Gasteiger partial charge in [-0.2, -0.15) is 0 Å². The molecule has 0 atom stereocenters. The Hall–Kier alpha value is -1.67. The summed E-state index contributed by atoms with van der Waals surface area (Å²) in [5.41, 5.74) is 0.782. The number of rotatable bonds is 8. The number of amides is 1. The number of halogens is 1. The normalized spacial score (nSPS) is 11.3. The van der Waals surface area contributed by atoms with Gasteiger partial charge in [0.15, 0.2) is 5.13 Å². The number of benzene rings is 1. The van der Waals surface area contributed by atoms with Crippen molar-refractivity contribution in [2.75, 3.05) is 38.2 Å². The molecule has 0 aliphatic rings. The van der Waals surface area contributed by atoms with Gasteiger partial charge >= 0.3 is 0 Å². The van der Waals surface area contributed by atoms with E-state index >= 15 is 0 Å². The number of anilines is 1. The van der Waals surface area contributed by atoms with Gasteiger partial charge in [0.2, 0.25) is 0 Å². The van der Waals surface area contributed by atoms with Crippen LogP contribution in [0.25, 0.3) is 10.2 Å². The summed E-state index contributed by atoms with van der Waals surface area (Å²) < 4.78 is 7.02. The van der Waals surface area contributed by atoms with Crippen LogP contribution in [0.4, 0.5) is 5.13 Å². The number of thiazole rings is 1. The third-order valence-corrected chi connectivity index (χ3v) is 6.65. The zero-order chi connectivity index (χ0) is 19.4. The summed E-state index contributed by atoms with van der Waals surface area (Å²) in [6.07, 6.45) is 0. The molecule has 2 aromatic heterocycles. The molecule has 1 amide bonds. The van der Waals surface area contributed by atoms with Gasteiger partial charge in [-0.1, -0.05) is 42.9 Å². The summed E-state index contributed by atoms with van der Waals surface area (Å²) in [6.45, 7) is 7.48. The minimum Gasteiger partial charge on any atom is -0.494 e. The average Bonchev–Trinajstić information content (AvgIpc) is 3.30. The molecule has 0 N–H and O–H groups in total. The molecule has 0 fully saturated rings. The summed E-state index contributed by atoms with van der Waals surface area (Å²) in [5.74, 6) is 0.641. The molecule has 0 saturated heterocycles. The molecule has 3 rings (SSSR count). The highest BCUT2D eigenvalue weighted by Crippen LogP contribution is 2.35. The molecule has 2 heterocycles. The molecule has 144 valence electrons. The zero-order valence-corrected chi connectivity index (χ0v) is 18.0. The second-order valence-electron chi connectivity index (χ2n) is 5.89. The molecule has 0 unspecified atom stereocenters. The molecule has 0 saturated carbocycles. The van der Waals surface area contributed by atoms with Gasteiger partial charge in [0.25, 0.3) is 5.91 Å². The highest BCUT2D eigenvalue weighted by atomic mass is 35.5. The fourth-order valence-electron chi connectivity index (χ4n) is 2.82. The largest absolute Gasteiger partial charge is 0.494 e. The first kappa shape index (κ1) is 20.1. The number of likely N-dealkylation sites (N-methyl/N-ethyl adjacent to an activating group) is 1. The summed E-state index contributed by atoms with van der Waals surface area (Å²) in [5, 5.41) is 0.677. The van der Waals surface area contributed by atoms with Gasteiger partial charge in [-0.15, -0.1) is 11.3 Å². The fourth-order valence-corrected chi connectivity index (χ4v) is 4.82. The van der Waals surface area contributed by atoms with Crippen molar-refractivity contribution in [1.82, 2.24) is 9.88 Å². The van der Waals surface area contributed by atoms with Crippen LogP contribution >= 0.6 is 34.3 Å². The Kier molecular flexibility index (Phi) is 6.70. The van der Waals surface area contributed by atoms with E-state index in [1.54, 1.807) is 24.1 Å². The Morgan fingerprint density at radius 1 is 1.15 bits per heavy atom. The first-order valence-electron chi connectivity index (χ1n) is 8.80. The molecule has 0 bridgehead atoms. The third kappa shape index (κ3) is 4.43. The maximum absolute atomic E-state index is 13.2. The Bertz CT molecular complexity index is 921. The number of methoxy groups -OCH3 is 1. The topological polar surface area (TPSA) is 45.7 Å². The van der Waals surface area contributed by atoms with E-state index in [9.17, 15) is 4.79 Å². The number of ether oxygens (including phenoxy) is 1. The predicted molar refractivity (Wildman–Crippen MR) is 115 cm³/mol. The van der Waals surface area contributed by atoms with E-state index in [0.717, 1.165) is 29.9 Å². The maximum atomic E-state index is 13.2. The number of hydrogen-bond acceptors (Lipinski definition) is 6. The number of carbonyl (C=O) groups excluding carboxylic acids is 1. The Labute approximate surface area is 172 Å². The number of thiophene rings is 1. The molecule has 27 heavy (non-hydrogen) atoms. The lowest BCUT2D eigenvalue weighted by atomic mass is 10.3. The summed E-state index contributed by atoms with van der Waals surface area (Å²) in [4.78, 5) is 22.6. The SMILES string of the molecule is CCN(CC)CCN(C(=O)c1ccc(Cl)s1)c1nc2c(OC)cccc2s1. The Morgan fingerprint density at radius 3 is 2.56 bits per heavy atom. The van der Waals surface area contributed by atoms with Gasteiger partial charge in [0, 0.05) is 13.1 Å². The zero-order valence-electron chi connectivity index (χ0n) is 15.6.